The Morgan fingerprint density at radius 1 is 1.21 bits per heavy atom. The third-order valence-corrected chi connectivity index (χ3v) is 5.88. The van der Waals surface area contributed by atoms with Crippen molar-refractivity contribution in [2.75, 3.05) is 25.0 Å². The maximum absolute atomic E-state index is 12.7. The zero-order valence-electron chi connectivity index (χ0n) is 15.1. The number of hydrogen-bond acceptors (Lipinski definition) is 5. The zero-order valence-corrected chi connectivity index (χ0v) is 16.0. The van der Waals surface area contributed by atoms with Crippen molar-refractivity contribution in [1.29, 1.82) is 0 Å². The van der Waals surface area contributed by atoms with Crippen LogP contribution in [0.2, 0.25) is 0 Å². The van der Waals surface area contributed by atoms with E-state index in [-0.39, 0.29) is 12.5 Å². The minimum Gasteiger partial charge on any atom is -0.310 e. The van der Waals surface area contributed by atoms with E-state index < -0.39 is 12.3 Å². The quantitative estimate of drug-likeness (QED) is 0.692. The van der Waals surface area contributed by atoms with Crippen molar-refractivity contribution in [1.82, 2.24) is 14.9 Å². The van der Waals surface area contributed by atoms with E-state index in [1.807, 2.05) is 29.3 Å². The Kier molecular flexibility index (Phi) is 5.59. The molecule has 0 bridgehead atoms. The molecule has 28 heavy (non-hydrogen) atoms. The van der Waals surface area contributed by atoms with Crippen LogP contribution in [0.25, 0.3) is 21.2 Å². The maximum atomic E-state index is 12.7. The van der Waals surface area contributed by atoms with Gasteiger partial charge in [-0.2, -0.15) is 0 Å². The molecule has 1 aliphatic heterocycles. The molecule has 0 aliphatic carbocycles. The summed E-state index contributed by atoms with van der Waals surface area (Å²) >= 11 is 1.57. The number of piperidine rings is 1. The van der Waals surface area contributed by atoms with Crippen LogP contribution in [0.15, 0.2) is 42.2 Å². The van der Waals surface area contributed by atoms with Gasteiger partial charge in [0.05, 0.1) is 16.9 Å². The van der Waals surface area contributed by atoms with Crippen molar-refractivity contribution in [3.63, 3.8) is 0 Å². The van der Waals surface area contributed by atoms with Crippen molar-refractivity contribution in [3.8, 4) is 10.4 Å². The van der Waals surface area contributed by atoms with E-state index in [4.69, 9.17) is 0 Å². The fourth-order valence-electron chi connectivity index (χ4n) is 3.47. The SMILES string of the molecule is O=C(CN1CCC(C(F)F)CC1)Nc1cc2cc(-c3cncs3)ccc2cn1. The molecule has 1 aromatic carbocycles. The van der Waals surface area contributed by atoms with Crippen molar-refractivity contribution in [3.05, 3.63) is 42.2 Å². The molecule has 146 valence electrons. The fraction of sp³-hybridized carbons (Fsp3) is 0.350. The predicted molar refractivity (Wildman–Crippen MR) is 107 cm³/mol. The molecule has 5 nitrogen and oxygen atoms in total. The molecule has 4 rings (SSSR count). The number of nitrogens with zero attached hydrogens (tertiary/aromatic N) is 3. The smallest absolute Gasteiger partial charge is 0.241 e. The van der Waals surface area contributed by atoms with Crippen LogP contribution in [0.3, 0.4) is 0 Å². The second-order valence-corrected chi connectivity index (χ2v) is 7.88. The molecule has 1 fully saturated rings. The largest absolute Gasteiger partial charge is 0.310 e. The normalized spacial score (nSPS) is 16.0. The molecule has 1 N–H and O–H groups in total. The van der Waals surface area contributed by atoms with Crippen LogP contribution in [0.4, 0.5) is 14.6 Å². The monoisotopic (exact) mass is 402 g/mol. The van der Waals surface area contributed by atoms with Gasteiger partial charge in [-0.1, -0.05) is 12.1 Å². The Morgan fingerprint density at radius 2 is 2.04 bits per heavy atom. The highest BCUT2D eigenvalue weighted by Crippen LogP contribution is 2.28. The van der Waals surface area contributed by atoms with E-state index in [1.54, 1.807) is 23.0 Å². The summed E-state index contributed by atoms with van der Waals surface area (Å²) in [4.78, 5) is 23.7. The number of nitrogens with one attached hydrogen (secondary N) is 1. The fourth-order valence-corrected chi connectivity index (χ4v) is 4.09. The first kappa shape index (κ1) is 18.9. The molecule has 2 aromatic heterocycles. The third kappa shape index (κ3) is 4.34. The van der Waals surface area contributed by atoms with Crippen LogP contribution in [-0.2, 0) is 4.79 Å². The lowest BCUT2D eigenvalue weighted by Gasteiger charge is -2.30. The zero-order chi connectivity index (χ0) is 19.5. The third-order valence-electron chi connectivity index (χ3n) is 5.06. The van der Waals surface area contributed by atoms with Gasteiger partial charge in [0.2, 0.25) is 12.3 Å². The van der Waals surface area contributed by atoms with Gasteiger partial charge in [-0.3, -0.25) is 14.7 Å². The number of halogens is 2. The van der Waals surface area contributed by atoms with Gasteiger partial charge in [0.1, 0.15) is 5.82 Å². The maximum Gasteiger partial charge on any atom is 0.241 e. The van der Waals surface area contributed by atoms with E-state index in [0.717, 1.165) is 21.2 Å². The molecule has 0 spiro atoms. The summed E-state index contributed by atoms with van der Waals surface area (Å²) in [6, 6.07) is 7.92. The summed E-state index contributed by atoms with van der Waals surface area (Å²) in [5, 5.41) is 4.79. The van der Waals surface area contributed by atoms with Crippen LogP contribution in [0.1, 0.15) is 12.8 Å². The standard InChI is InChI=1S/C20H20F2N4OS/c21-20(22)13-3-5-26(6-4-13)11-19(27)25-18-8-16-7-14(17-10-23-12-28-17)1-2-15(16)9-24-18/h1-2,7-10,12-13,20H,3-6,11H2,(H,24,25,27). The van der Waals surface area contributed by atoms with Crippen molar-refractivity contribution in [2.24, 2.45) is 5.92 Å². The minimum absolute atomic E-state index is 0.180. The highest BCUT2D eigenvalue weighted by molar-refractivity contribution is 7.13. The molecule has 0 radical (unpaired) electrons. The Labute approximate surface area is 165 Å². The number of thiazole rings is 1. The van der Waals surface area contributed by atoms with Gasteiger partial charge in [-0.25, -0.2) is 13.8 Å². The van der Waals surface area contributed by atoms with Gasteiger partial charge in [0.15, 0.2) is 0 Å². The van der Waals surface area contributed by atoms with Gasteiger partial charge < -0.3 is 5.32 Å². The van der Waals surface area contributed by atoms with Crippen molar-refractivity contribution >= 4 is 33.8 Å². The predicted octanol–water partition coefficient (Wildman–Crippen LogP) is 4.27. The molecule has 1 amide bonds. The average molecular weight is 402 g/mol. The number of likely N-dealkylation sites (tertiary alicyclic amines) is 1. The van der Waals surface area contributed by atoms with E-state index in [9.17, 15) is 13.6 Å². The van der Waals surface area contributed by atoms with Crippen molar-refractivity contribution in [2.45, 2.75) is 19.3 Å². The molecule has 3 aromatic rings. The van der Waals surface area contributed by atoms with Gasteiger partial charge in [0.25, 0.3) is 0 Å². The van der Waals surface area contributed by atoms with Crippen LogP contribution < -0.4 is 5.32 Å². The number of rotatable bonds is 5. The summed E-state index contributed by atoms with van der Waals surface area (Å²) in [6.45, 7) is 1.23. The Hall–Kier alpha value is -2.45. The summed E-state index contributed by atoms with van der Waals surface area (Å²) in [6.07, 6.45) is 2.15. The lowest BCUT2D eigenvalue weighted by molar-refractivity contribution is -0.117. The summed E-state index contributed by atoms with van der Waals surface area (Å²) in [5.41, 5.74) is 2.86. The lowest BCUT2D eigenvalue weighted by Crippen LogP contribution is -2.40. The highest BCUT2D eigenvalue weighted by atomic mass is 32.1. The Morgan fingerprint density at radius 3 is 2.75 bits per heavy atom. The van der Waals surface area contributed by atoms with E-state index in [0.29, 0.717) is 31.7 Å². The van der Waals surface area contributed by atoms with Crippen LogP contribution in [0.5, 0.6) is 0 Å². The molecule has 1 aliphatic rings. The molecular weight excluding hydrogens is 382 g/mol. The van der Waals surface area contributed by atoms with Gasteiger partial charge in [0, 0.05) is 23.7 Å². The first-order chi connectivity index (χ1) is 13.6. The summed E-state index contributed by atoms with van der Waals surface area (Å²) < 4.78 is 25.5. The van der Waals surface area contributed by atoms with E-state index >= 15 is 0 Å². The molecule has 3 heterocycles. The van der Waals surface area contributed by atoms with Crippen LogP contribution >= 0.6 is 11.3 Å². The highest BCUT2D eigenvalue weighted by Gasteiger charge is 2.26. The van der Waals surface area contributed by atoms with E-state index in [1.165, 1.54) is 0 Å². The average Bonchev–Trinajstić information content (AvgIpc) is 3.22. The molecule has 1 saturated heterocycles. The van der Waals surface area contributed by atoms with E-state index in [2.05, 4.69) is 21.4 Å². The second-order valence-electron chi connectivity index (χ2n) is 6.99. The minimum atomic E-state index is -2.27. The topological polar surface area (TPSA) is 58.1 Å². The number of carbonyl (C=O) groups is 1. The van der Waals surface area contributed by atoms with Gasteiger partial charge in [-0.05, 0) is 49.0 Å². The molecular formula is C20H20F2N4OS. The molecule has 8 heteroatoms. The number of aromatic nitrogens is 2. The number of alkyl halides is 2. The van der Waals surface area contributed by atoms with Gasteiger partial charge in [-0.15, -0.1) is 11.3 Å². The van der Waals surface area contributed by atoms with Crippen LogP contribution in [-0.4, -0.2) is 46.8 Å². The second kappa shape index (κ2) is 8.28. The number of amides is 1. The number of hydrogen-bond donors (Lipinski definition) is 1. The van der Waals surface area contributed by atoms with Crippen molar-refractivity contribution < 1.29 is 13.6 Å². The number of fused-ring (bicyclic) bond motifs is 1. The number of pyridine rings is 1. The molecule has 0 unspecified atom stereocenters. The molecule has 0 saturated carbocycles. The Bertz CT molecular complexity index is 956. The number of carbonyl (C=O) groups excluding carboxylic acids is 1. The first-order valence-corrected chi connectivity index (χ1v) is 10.1. The first-order valence-electron chi connectivity index (χ1n) is 9.17. The lowest BCUT2D eigenvalue weighted by atomic mass is 9.97. The molecule has 0 atom stereocenters. The Balaban J connectivity index is 1.41. The summed E-state index contributed by atoms with van der Waals surface area (Å²) in [7, 11) is 0. The van der Waals surface area contributed by atoms with Crippen LogP contribution in [0, 0.1) is 5.92 Å². The summed E-state index contributed by atoms with van der Waals surface area (Å²) in [5.74, 6) is -0.239. The van der Waals surface area contributed by atoms with Gasteiger partial charge >= 0.3 is 0 Å². The number of benzene rings is 1. The number of anilines is 1.